The molecule has 1 amide bonds. The lowest BCUT2D eigenvalue weighted by Crippen LogP contribution is -2.36. The Kier molecular flexibility index (Phi) is 5.83. The van der Waals surface area contributed by atoms with E-state index in [1.807, 2.05) is 42.5 Å². The lowest BCUT2D eigenvalue weighted by Gasteiger charge is -2.28. The quantitative estimate of drug-likeness (QED) is 0.616. The molecule has 1 fully saturated rings. The Morgan fingerprint density at radius 2 is 2.00 bits per heavy atom. The summed E-state index contributed by atoms with van der Waals surface area (Å²) in [5.74, 6) is 0.273. The van der Waals surface area contributed by atoms with Crippen molar-refractivity contribution in [2.24, 2.45) is 0 Å². The summed E-state index contributed by atoms with van der Waals surface area (Å²) in [6.45, 7) is 3.31. The Morgan fingerprint density at radius 1 is 1.22 bits per heavy atom. The monoisotopic (exact) mass is 419 g/mol. The van der Waals surface area contributed by atoms with E-state index in [-0.39, 0.29) is 5.91 Å². The number of halogens is 1. The summed E-state index contributed by atoms with van der Waals surface area (Å²) in [6.07, 6.45) is 0. The van der Waals surface area contributed by atoms with Crippen molar-refractivity contribution in [3.05, 3.63) is 47.5 Å². The van der Waals surface area contributed by atoms with Gasteiger partial charge in [-0.05, 0) is 42.5 Å². The second-order valence-corrected chi connectivity index (χ2v) is 8.76. The normalized spacial score (nSPS) is 14.5. The molecule has 0 radical (unpaired) electrons. The molecule has 0 bridgehead atoms. The molecule has 1 aliphatic rings. The topological polar surface area (TPSA) is 54.5 Å². The van der Waals surface area contributed by atoms with Gasteiger partial charge in [-0.3, -0.25) is 4.79 Å². The van der Waals surface area contributed by atoms with Crippen LogP contribution in [-0.4, -0.2) is 42.9 Å². The smallest absolute Gasteiger partial charge is 0.234 e. The van der Waals surface area contributed by atoms with Crippen molar-refractivity contribution < 1.29 is 9.53 Å². The molecule has 8 heteroatoms. The molecule has 1 aromatic heterocycles. The minimum atomic E-state index is -0.0450. The van der Waals surface area contributed by atoms with Gasteiger partial charge in [0.15, 0.2) is 4.34 Å². The van der Waals surface area contributed by atoms with E-state index in [9.17, 15) is 4.79 Å². The summed E-state index contributed by atoms with van der Waals surface area (Å²) in [4.78, 5) is 19.0. The number of thiazole rings is 1. The number of fused-ring (bicyclic) bond motifs is 1. The summed E-state index contributed by atoms with van der Waals surface area (Å²) in [6, 6.07) is 13.6. The van der Waals surface area contributed by atoms with E-state index in [1.54, 1.807) is 11.3 Å². The fourth-order valence-corrected chi connectivity index (χ4v) is 4.86. The van der Waals surface area contributed by atoms with Gasteiger partial charge in [-0.25, -0.2) is 4.98 Å². The Balaban J connectivity index is 1.31. The second-order valence-electron chi connectivity index (χ2n) is 6.07. The fourth-order valence-electron chi connectivity index (χ4n) is 2.84. The number of hydrogen-bond acceptors (Lipinski definition) is 6. The molecule has 0 unspecified atom stereocenters. The third-order valence-electron chi connectivity index (χ3n) is 4.18. The molecule has 0 saturated carbocycles. The van der Waals surface area contributed by atoms with Gasteiger partial charge >= 0.3 is 0 Å². The maximum atomic E-state index is 12.2. The van der Waals surface area contributed by atoms with Crippen LogP contribution in [0.4, 0.5) is 11.4 Å². The zero-order valence-electron chi connectivity index (χ0n) is 14.5. The Hall–Kier alpha value is -1.80. The highest BCUT2D eigenvalue weighted by Crippen LogP contribution is 2.31. The molecule has 1 aliphatic heterocycles. The average molecular weight is 420 g/mol. The zero-order valence-corrected chi connectivity index (χ0v) is 16.9. The van der Waals surface area contributed by atoms with Crippen molar-refractivity contribution in [2.75, 3.05) is 42.3 Å². The maximum Gasteiger partial charge on any atom is 0.234 e. The Bertz CT molecular complexity index is 940. The highest BCUT2D eigenvalue weighted by atomic mass is 35.5. The first-order valence-electron chi connectivity index (χ1n) is 8.59. The van der Waals surface area contributed by atoms with Gasteiger partial charge in [-0.15, -0.1) is 11.3 Å². The van der Waals surface area contributed by atoms with Crippen LogP contribution >= 0.6 is 34.7 Å². The van der Waals surface area contributed by atoms with Crippen molar-refractivity contribution in [3.8, 4) is 0 Å². The van der Waals surface area contributed by atoms with E-state index in [1.165, 1.54) is 11.8 Å². The molecule has 5 nitrogen and oxygen atoms in total. The van der Waals surface area contributed by atoms with Crippen molar-refractivity contribution >= 4 is 62.2 Å². The fraction of sp³-hybridized carbons (Fsp3) is 0.263. The SMILES string of the molecule is O=C(CSc1nc2cc(Cl)ccc2s1)Nc1ccc(N2CCOCC2)cc1. The van der Waals surface area contributed by atoms with Gasteiger partial charge in [-0.2, -0.15) is 0 Å². The average Bonchev–Trinajstić information content (AvgIpc) is 3.10. The van der Waals surface area contributed by atoms with E-state index in [4.69, 9.17) is 16.3 Å². The summed E-state index contributed by atoms with van der Waals surface area (Å²) >= 11 is 9.00. The lowest BCUT2D eigenvalue weighted by molar-refractivity contribution is -0.113. The number of ether oxygens (including phenoxy) is 1. The number of rotatable bonds is 5. The number of nitrogens with zero attached hydrogens (tertiary/aromatic N) is 2. The third kappa shape index (κ3) is 4.73. The molecule has 0 atom stereocenters. The Morgan fingerprint density at radius 3 is 2.78 bits per heavy atom. The molecule has 4 rings (SSSR count). The van der Waals surface area contributed by atoms with Gasteiger partial charge in [0.1, 0.15) is 0 Å². The number of benzene rings is 2. The molecule has 0 aliphatic carbocycles. The van der Waals surface area contributed by atoms with Crippen LogP contribution in [0.5, 0.6) is 0 Å². The number of amides is 1. The van der Waals surface area contributed by atoms with Crippen molar-refractivity contribution in [3.63, 3.8) is 0 Å². The van der Waals surface area contributed by atoms with E-state index >= 15 is 0 Å². The molecular formula is C19H18ClN3O2S2. The van der Waals surface area contributed by atoms with E-state index < -0.39 is 0 Å². The van der Waals surface area contributed by atoms with Gasteiger partial charge < -0.3 is 15.0 Å². The number of thioether (sulfide) groups is 1. The van der Waals surface area contributed by atoms with Crippen LogP contribution in [0.1, 0.15) is 0 Å². The second kappa shape index (κ2) is 8.48. The molecule has 1 N–H and O–H groups in total. The number of aromatic nitrogens is 1. The van der Waals surface area contributed by atoms with Crippen LogP contribution in [0, 0.1) is 0 Å². The van der Waals surface area contributed by atoms with Crippen LogP contribution < -0.4 is 10.2 Å². The van der Waals surface area contributed by atoms with Crippen molar-refractivity contribution in [2.45, 2.75) is 4.34 Å². The Labute approximate surface area is 170 Å². The molecular weight excluding hydrogens is 402 g/mol. The first kappa shape index (κ1) is 18.6. The molecule has 0 spiro atoms. The first-order valence-corrected chi connectivity index (χ1v) is 10.8. The molecule has 2 aromatic carbocycles. The summed E-state index contributed by atoms with van der Waals surface area (Å²) in [5.41, 5.74) is 2.82. The van der Waals surface area contributed by atoms with Crippen LogP contribution in [0.15, 0.2) is 46.8 Å². The standard InChI is InChI=1S/C19H18ClN3O2S2/c20-13-1-6-17-16(11-13)22-19(27-17)26-12-18(24)21-14-2-4-15(5-3-14)23-7-9-25-10-8-23/h1-6,11H,7-10,12H2,(H,21,24). The number of hydrogen-bond donors (Lipinski definition) is 1. The maximum absolute atomic E-state index is 12.2. The molecule has 140 valence electrons. The van der Waals surface area contributed by atoms with E-state index in [0.717, 1.165) is 52.2 Å². The summed E-state index contributed by atoms with van der Waals surface area (Å²) < 4.78 is 7.31. The third-order valence-corrected chi connectivity index (χ3v) is 6.60. The largest absolute Gasteiger partial charge is 0.378 e. The molecule has 27 heavy (non-hydrogen) atoms. The summed E-state index contributed by atoms with van der Waals surface area (Å²) in [5, 5.41) is 3.61. The van der Waals surface area contributed by atoms with Crippen LogP contribution in [0.25, 0.3) is 10.2 Å². The first-order chi connectivity index (χ1) is 13.2. The predicted octanol–water partition coefficient (Wildman–Crippen LogP) is 4.52. The van der Waals surface area contributed by atoms with Crippen LogP contribution in [0.2, 0.25) is 5.02 Å². The number of carbonyl (C=O) groups is 1. The van der Waals surface area contributed by atoms with Gasteiger partial charge in [0.25, 0.3) is 0 Å². The summed E-state index contributed by atoms with van der Waals surface area (Å²) in [7, 11) is 0. The van der Waals surface area contributed by atoms with Crippen molar-refractivity contribution in [1.29, 1.82) is 0 Å². The number of carbonyl (C=O) groups excluding carboxylic acids is 1. The number of nitrogens with one attached hydrogen (secondary N) is 1. The van der Waals surface area contributed by atoms with Crippen molar-refractivity contribution in [1.82, 2.24) is 4.98 Å². The number of anilines is 2. The molecule has 2 heterocycles. The zero-order chi connectivity index (χ0) is 18.6. The van der Waals surface area contributed by atoms with Gasteiger partial charge in [0.2, 0.25) is 5.91 Å². The molecule has 1 saturated heterocycles. The minimum Gasteiger partial charge on any atom is -0.378 e. The predicted molar refractivity (Wildman–Crippen MR) is 113 cm³/mol. The van der Waals surface area contributed by atoms with E-state index in [0.29, 0.717) is 10.8 Å². The lowest BCUT2D eigenvalue weighted by atomic mass is 10.2. The van der Waals surface area contributed by atoms with Crippen LogP contribution in [-0.2, 0) is 9.53 Å². The highest BCUT2D eigenvalue weighted by Gasteiger charge is 2.12. The van der Waals surface area contributed by atoms with Gasteiger partial charge in [0.05, 0.1) is 29.2 Å². The molecule has 3 aromatic rings. The number of morpholine rings is 1. The highest BCUT2D eigenvalue weighted by molar-refractivity contribution is 8.01. The van der Waals surface area contributed by atoms with Crippen LogP contribution in [0.3, 0.4) is 0 Å². The van der Waals surface area contributed by atoms with E-state index in [2.05, 4.69) is 15.2 Å². The van der Waals surface area contributed by atoms with Gasteiger partial charge in [-0.1, -0.05) is 23.4 Å². The minimum absolute atomic E-state index is 0.0450. The van der Waals surface area contributed by atoms with Gasteiger partial charge in [0, 0.05) is 29.5 Å².